The first kappa shape index (κ1) is 33.1. The van der Waals surface area contributed by atoms with E-state index in [4.69, 9.17) is 21.7 Å². The molecule has 0 heterocycles. The summed E-state index contributed by atoms with van der Waals surface area (Å²) in [6.07, 6.45) is 15.7. The first-order chi connectivity index (χ1) is 18.7. The van der Waals surface area contributed by atoms with E-state index in [9.17, 15) is 14.7 Å². The van der Waals surface area contributed by atoms with Crippen LogP contribution in [0.2, 0.25) is 0 Å². The van der Waals surface area contributed by atoms with E-state index in [1.54, 1.807) is 0 Å². The van der Waals surface area contributed by atoms with Gasteiger partial charge in [0.05, 0.1) is 18.4 Å². The maximum absolute atomic E-state index is 11.2. The highest BCUT2D eigenvalue weighted by atomic mass is 16.4. The quantitative estimate of drug-likeness (QED) is 0.206. The zero-order chi connectivity index (χ0) is 29.9. The van der Waals surface area contributed by atoms with Crippen LogP contribution in [0.3, 0.4) is 0 Å². The highest BCUT2D eigenvalue weighted by Gasteiger charge is 2.60. The van der Waals surface area contributed by atoms with Crippen molar-refractivity contribution in [2.45, 2.75) is 130 Å². The zero-order valence-electron chi connectivity index (χ0n) is 25.8. The number of hydrogen-bond donors (Lipinski definition) is 5. The minimum atomic E-state index is -1.08. The Morgan fingerprint density at radius 2 is 1.62 bits per heavy atom. The van der Waals surface area contributed by atoms with Crippen LogP contribution in [0.25, 0.3) is 0 Å². The van der Waals surface area contributed by atoms with Crippen molar-refractivity contribution >= 4 is 11.9 Å². The van der Waals surface area contributed by atoms with Crippen LogP contribution in [-0.2, 0) is 9.59 Å². The fourth-order valence-electron chi connectivity index (χ4n) is 9.45. The highest BCUT2D eigenvalue weighted by molar-refractivity contribution is 5.75. The average Bonchev–Trinajstić information content (AvgIpc) is 3.25. The minimum absolute atomic E-state index is 0.256. The molecular formula is C33H58N2O5. The van der Waals surface area contributed by atoms with Gasteiger partial charge in [0.25, 0.3) is 0 Å². The van der Waals surface area contributed by atoms with Gasteiger partial charge in [-0.25, -0.2) is 0 Å². The number of carbonyl (C=O) groups is 2. The molecule has 0 aromatic carbocycles. The average molecular weight is 563 g/mol. The Balaban J connectivity index is 0.000000482. The molecule has 40 heavy (non-hydrogen) atoms. The lowest BCUT2D eigenvalue weighted by Gasteiger charge is -2.59. The SMILES string of the molecule is CC(C)CCC[C@@H](C)[C@H]1CC[C@H]2[C@@H]3CC=C4CC(O)(C(N)CN)CC[C@]4(C)[C@H]3CC[C@]12C.O=C(O)CCC(=O)O. The van der Waals surface area contributed by atoms with Crippen LogP contribution in [0.15, 0.2) is 11.6 Å². The molecule has 0 aromatic heterocycles. The van der Waals surface area contributed by atoms with Gasteiger partial charge >= 0.3 is 11.9 Å². The van der Waals surface area contributed by atoms with Gasteiger partial charge in [0, 0.05) is 12.6 Å². The molecule has 0 aromatic rings. The van der Waals surface area contributed by atoms with Gasteiger partial charge in [0.15, 0.2) is 0 Å². The Bertz CT molecular complexity index is 907. The normalized spacial score (nSPS) is 38.2. The van der Waals surface area contributed by atoms with E-state index in [1.807, 2.05) is 0 Å². The van der Waals surface area contributed by atoms with E-state index >= 15 is 0 Å². The zero-order valence-corrected chi connectivity index (χ0v) is 25.8. The summed E-state index contributed by atoms with van der Waals surface area (Å²) in [5.41, 5.74) is 13.6. The topological polar surface area (TPSA) is 147 Å². The summed E-state index contributed by atoms with van der Waals surface area (Å²) in [5, 5.41) is 27.0. The molecule has 0 saturated heterocycles. The Labute approximate surface area is 242 Å². The Kier molecular flexibility index (Phi) is 11.0. The van der Waals surface area contributed by atoms with Crippen LogP contribution >= 0.6 is 0 Å². The number of rotatable bonds is 10. The van der Waals surface area contributed by atoms with Crippen LogP contribution in [0.5, 0.6) is 0 Å². The molecule has 9 atom stereocenters. The summed E-state index contributed by atoms with van der Waals surface area (Å²) in [7, 11) is 0. The van der Waals surface area contributed by atoms with E-state index in [2.05, 4.69) is 40.7 Å². The second-order valence-corrected chi connectivity index (χ2v) is 14.7. The molecule has 0 bridgehead atoms. The standard InChI is InChI=1S/C29H52N2O.C4H6O4/c1-19(2)7-6-8-20(3)23-11-12-24-22-10-9-21-17-29(32,26(31)18-30)16-15-27(21,4)25(22)13-14-28(23,24)5;5-3(6)1-2-4(7)8/h9,19-20,22-26,32H,6-8,10-18,30-31H2,1-5H3;1-2H2,(H,5,6)(H,7,8)/t20-,22+,23-,24+,25+,26?,27+,28-,29?;/m1./s1. The third-order valence-electron chi connectivity index (χ3n) is 11.9. The van der Waals surface area contributed by atoms with Crippen molar-refractivity contribution in [2.75, 3.05) is 6.54 Å². The third-order valence-corrected chi connectivity index (χ3v) is 11.9. The molecular weight excluding hydrogens is 504 g/mol. The lowest BCUT2D eigenvalue weighted by Crippen LogP contribution is -2.58. The fourth-order valence-corrected chi connectivity index (χ4v) is 9.45. The highest BCUT2D eigenvalue weighted by Crippen LogP contribution is 2.67. The summed E-state index contributed by atoms with van der Waals surface area (Å²) < 4.78 is 0. The molecule has 2 unspecified atom stereocenters. The lowest BCUT2D eigenvalue weighted by atomic mass is 9.46. The first-order valence-electron chi connectivity index (χ1n) is 16.0. The van der Waals surface area contributed by atoms with Crippen molar-refractivity contribution in [3.8, 4) is 0 Å². The predicted octanol–water partition coefficient (Wildman–Crippen LogP) is 5.98. The number of nitrogens with two attached hydrogens (primary N) is 2. The molecule has 4 rings (SSSR count). The van der Waals surface area contributed by atoms with Crippen molar-refractivity contribution in [3.63, 3.8) is 0 Å². The molecule has 4 aliphatic rings. The van der Waals surface area contributed by atoms with Gasteiger partial charge in [-0.05, 0) is 97.7 Å². The fraction of sp³-hybridized carbons (Fsp3) is 0.879. The molecule has 0 aliphatic heterocycles. The van der Waals surface area contributed by atoms with Crippen LogP contribution in [0.1, 0.15) is 118 Å². The second-order valence-electron chi connectivity index (χ2n) is 14.7. The smallest absolute Gasteiger partial charge is 0.303 e. The van der Waals surface area contributed by atoms with E-state index < -0.39 is 17.5 Å². The molecule has 4 aliphatic carbocycles. The lowest BCUT2D eigenvalue weighted by molar-refractivity contribution is -0.143. The number of allylic oxidation sites excluding steroid dienone is 1. The van der Waals surface area contributed by atoms with Crippen LogP contribution in [0.4, 0.5) is 0 Å². The minimum Gasteiger partial charge on any atom is -0.481 e. The van der Waals surface area contributed by atoms with Gasteiger partial charge in [0.1, 0.15) is 0 Å². The van der Waals surface area contributed by atoms with E-state index in [-0.39, 0.29) is 24.3 Å². The van der Waals surface area contributed by atoms with Crippen molar-refractivity contribution in [1.82, 2.24) is 0 Å². The van der Waals surface area contributed by atoms with Crippen LogP contribution < -0.4 is 11.5 Å². The first-order valence-corrected chi connectivity index (χ1v) is 16.0. The molecule has 0 spiro atoms. The Morgan fingerprint density at radius 1 is 0.975 bits per heavy atom. The van der Waals surface area contributed by atoms with Crippen LogP contribution in [-0.4, -0.2) is 45.4 Å². The number of aliphatic hydroxyl groups is 1. The van der Waals surface area contributed by atoms with Gasteiger partial charge in [-0.3, -0.25) is 9.59 Å². The number of hydrogen-bond acceptors (Lipinski definition) is 5. The van der Waals surface area contributed by atoms with E-state index in [0.717, 1.165) is 54.8 Å². The predicted molar refractivity (Wildman–Crippen MR) is 160 cm³/mol. The van der Waals surface area contributed by atoms with Crippen molar-refractivity contribution in [2.24, 2.45) is 57.8 Å². The van der Waals surface area contributed by atoms with Gasteiger partial charge in [0.2, 0.25) is 0 Å². The summed E-state index contributed by atoms with van der Waals surface area (Å²) >= 11 is 0. The Hall–Kier alpha value is -1.44. The van der Waals surface area contributed by atoms with Gasteiger partial charge in [-0.15, -0.1) is 0 Å². The van der Waals surface area contributed by atoms with Gasteiger partial charge < -0.3 is 26.8 Å². The maximum Gasteiger partial charge on any atom is 0.303 e. The Morgan fingerprint density at radius 3 is 2.20 bits per heavy atom. The number of carboxylic acids is 2. The summed E-state index contributed by atoms with van der Waals surface area (Å²) in [6, 6.07) is -0.312. The molecule has 7 nitrogen and oxygen atoms in total. The molecule has 230 valence electrons. The molecule has 3 fully saturated rings. The largest absolute Gasteiger partial charge is 0.481 e. The summed E-state index contributed by atoms with van der Waals surface area (Å²) in [5.74, 6) is 2.98. The third kappa shape index (κ3) is 6.95. The van der Waals surface area contributed by atoms with Crippen LogP contribution in [0, 0.1) is 46.3 Å². The number of fused-ring (bicyclic) bond motifs is 5. The number of carboxylic acid groups (broad SMARTS) is 2. The van der Waals surface area contributed by atoms with Crippen molar-refractivity contribution in [1.29, 1.82) is 0 Å². The number of aliphatic carboxylic acids is 2. The summed E-state index contributed by atoms with van der Waals surface area (Å²) in [4.78, 5) is 19.3. The molecule has 7 N–H and O–H groups in total. The van der Waals surface area contributed by atoms with Crippen molar-refractivity contribution < 1.29 is 24.9 Å². The molecule has 3 saturated carbocycles. The van der Waals surface area contributed by atoms with E-state index in [0.29, 0.717) is 12.0 Å². The molecule has 7 heteroatoms. The summed E-state index contributed by atoms with van der Waals surface area (Å²) in [6.45, 7) is 12.8. The van der Waals surface area contributed by atoms with Gasteiger partial charge in [-0.1, -0.05) is 65.5 Å². The molecule has 0 radical (unpaired) electrons. The maximum atomic E-state index is 11.2. The monoisotopic (exact) mass is 562 g/mol. The van der Waals surface area contributed by atoms with E-state index in [1.165, 1.54) is 56.9 Å². The van der Waals surface area contributed by atoms with Gasteiger partial charge in [-0.2, -0.15) is 0 Å². The van der Waals surface area contributed by atoms with Crippen molar-refractivity contribution in [3.05, 3.63) is 11.6 Å². The second kappa shape index (κ2) is 13.2. The molecule has 0 amide bonds.